The summed E-state index contributed by atoms with van der Waals surface area (Å²) in [6.07, 6.45) is -2.91. The minimum atomic E-state index is -4.56. The smallest absolute Gasteiger partial charge is 0.370 e. The van der Waals surface area contributed by atoms with Crippen molar-refractivity contribution >= 4 is 5.91 Å². The van der Waals surface area contributed by atoms with E-state index in [2.05, 4.69) is 10.1 Å². The molecule has 0 spiro atoms. The summed E-state index contributed by atoms with van der Waals surface area (Å²) in [6.45, 7) is 0.282. The minimum Gasteiger partial charge on any atom is -0.370 e. The van der Waals surface area contributed by atoms with Crippen molar-refractivity contribution in [2.24, 2.45) is 5.73 Å². The molecule has 4 nitrogen and oxygen atoms in total. The Bertz CT molecular complexity index is 185. The second-order valence-electron chi connectivity index (χ2n) is 2.97. The zero-order valence-corrected chi connectivity index (χ0v) is 8.27. The second-order valence-corrected chi connectivity index (χ2v) is 2.97. The zero-order chi connectivity index (χ0) is 11.7. The maximum Gasteiger partial charge on any atom is 0.522 e. The van der Waals surface area contributed by atoms with Crippen LogP contribution in [0.5, 0.6) is 0 Å². The van der Waals surface area contributed by atoms with Crippen LogP contribution in [0.4, 0.5) is 13.2 Å². The third kappa shape index (κ3) is 13.2. The first kappa shape index (κ1) is 14.2. The van der Waals surface area contributed by atoms with Gasteiger partial charge in [0.05, 0.1) is 6.61 Å². The number of halogens is 3. The quantitative estimate of drug-likeness (QED) is 0.603. The summed E-state index contributed by atoms with van der Waals surface area (Å²) in [6, 6.07) is 0. The third-order valence-electron chi connectivity index (χ3n) is 1.57. The van der Waals surface area contributed by atoms with Gasteiger partial charge in [0.1, 0.15) is 0 Å². The first-order valence-electron chi connectivity index (χ1n) is 4.61. The fraction of sp³-hybridized carbons (Fsp3) is 0.875. The van der Waals surface area contributed by atoms with Gasteiger partial charge in [-0.3, -0.25) is 9.53 Å². The van der Waals surface area contributed by atoms with Crippen LogP contribution in [0.25, 0.3) is 0 Å². The monoisotopic (exact) mass is 228 g/mol. The summed E-state index contributed by atoms with van der Waals surface area (Å²) in [5, 5.41) is 2.75. The molecule has 0 aliphatic rings. The molecule has 0 fully saturated rings. The molecule has 0 rings (SSSR count). The second kappa shape index (κ2) is 7.47. The van der Waals surface area contributed by atoms with Crippen LogP contribution in [-0.2, 0) is 9.53 Å². The van der Waals surface area contributed by atoms with Crippen molar-refractivity contribution in [2.45, 2.75) is 25.6 Å². The molecule has 90 valence electrons. The molecule has 15 heavy (non-hydrogen) atoms. The Hall–Kier alpha value is -0.820. The lowest BCUT2D eigenvalue weighted by atomic mass is 10.2. The van der Waals surface area contributed by atoms with Gasteiger partial charge in [-0.1, -0.05) is 0 Å². The van der Waals surface area contributed by atoms with Crippen molar-refractivity contribution < 1.29 is 22.7 Å². The van der Waals surface area contributed by atoms with Crippen LogP contribution in [0, 0.1) is 0 Å². The number of carbonyl (C=O) groups excluding carboxylic acids is 1. The Labute approximate surface area is 86.0 Å². The number of nitrogens with two attached hydrogens (primary N) is 1. The molecule has 0 bridgehead atoms. The molecule has 0 atom stereocenters. The summed E-state index contributed by atoms with van der Waals surface area (Å²) in [5.41, 5.74) is 4.90. The Kier molecular flexibility index (Phi) is 7.06. The van der Waals surface area contributed by atoms with Crippen LogP contribution in [0.1, 0.15) is 19.3 Å². The van der Waals surface area contributed by atoms with Crippen molar-refractivity contribution in [3.05, 3.63) is 0 Å². The topological polar surface area (TPSA) is 64.4 Å². The van der Waals surface area contributed by atoms with E-state index in [1.165, 1.54) is 0 Å². The highest BCUT2D eigenvalue weighted by Crippen LogP contribution is 2.14. The Morgan fingerprint density at radius 3 is 2.47 bits per heavy atom. The third-order valence-corrected chi connectivity index (χ3v) is 1.57. The predicted octanol–water partition coefficient (Wildman–Crippen LogP) is 0.768. The summed E-state index contributed by atoms with van der Waals surface area (Å²) in [5.74, 6) is -0.365. The van der Waals surface area contributed by atoms with E-state index in [1.807, 2.05) is 0 Å². The van der Waals surface area contributed by atoms with Crippen LogP contribution < -0.4 is 11.1 Å². The van der Waals surface area contributed by atoms with Gasteiger partial charge in [0.2, 0.25) is 5.91 Å². The van der Waals surface area contributed by atoms with Gasteiger partial charge in [-0.25, -0.2) is 0 Å². The van der Waals surface area contributed by atoms with Crippen molar-refractivity contribution in [2.75, 3.05) is 19.7 Å². The Morgan fingerprint density at radius 1 is 1.27 bits per heavy atom. The largest absolute Gasteiger partial charge is 0.522 e. The molecule has 0 aromatic carbocycles. The standard InChI is InChI=1S/C8H15F3N2O2/c9-8(10,11)15-6-5-13-4-2-1-3-7(12)14/h13H,1-6H2,(H2,12,14). The Morgan fingerprint density at radius 2 is 1.93 bits per heavy atom. The van der Waals surface area contributed by atoms with Gasteiger partial charge >= 0.3 is 6.36 Å². The molecule has 1 amide bonds. The predicted molar refractivity (Wildman–Crippen MR) is 47.9 cm³/mol. The first-order valence-corrected chi connectivity index (χ1v) is 4.61. The van der Waals surface area contributed by atoms with Gasteiger partial charge in [-0.05, 0) is 19.4 Å². The lowest BCUT2D eigenvalue weighted by Crippen LogP contribution is -2.25. The minimum absolute atomic E-state index is 0.135. The van der Waals surface area contributed by atoms with Gasteiger partial charge in [0.15, 0.2) is 0 Å². The maximum atomic E-state index is 11.5. The molecule has 0 radical (unpaired) electrons. The van der Waals surface area contributed by atoms with Crippen molar-refractivity contribution in [1.29, 1.82) is 0 Å². The molecular formula is C8H15F3N2O2. The number of primary amides is 1. The van der Waals surface area contributed by atoms with Crippen molar-refractivity contribution in [1.82, 2.24) is 5.32 Å². The van der Waals surface area contributed by atoms with E-state index in [-0.39, 0.29) is 12.5 Å². The first-order chi connectivity index (χ1) is 6.92. The molecule has 0 saturated heterocycles. The van der Waals surface area contributed by atoms with E-state index in [0.717, 1.165) is 0 Å². The van der Waals surface area contributed by atoms with Gasteiger partial charge in [-0.15, -0.1) is 13.2 Å². The fourth-order valence-electron chi connectivity index (χ4n) is 0.913. The lowest BCUT2D eigenvalue weighted by Gasteiger charge is -2.07. The molecule has 0 unspecified atom stereocenters. The van der Waals surface area contributed by atoms with Crippen LogP contribution in [0.15, 0.2) is 0 Å². The summed E-state index contributed by atoms with van der Waals surface area (Å²) in [7, 11) is 0. The van der Waals surface area contributed by atoms with E-state index in [1.54, 1.807) is 0 Å². The number of amides is 1. The van der Waals surface area contributed by atoms with Crippen LogP contribution in [-0.4, -0.2) is 32.0 Å². The highest BCUT2D eigenvalue weighted by molar-refractivity contribution is 5.73. The highest BCUT2D eigenvalue weighted by atomic mass is 19.4. The molecule has 0 heterocycles. The number of hydrogen-bond acceptors (Lipinski definition) is 3. The molecule has 0 aromatic heterocycles. The summed E-state index contributed by atoms with van der Waals surface area (Å²) >= 11 is 0. The van der Waals surface area contributed by atoms with Gasteiger partial charge in [0.25, 0.3) is 0 Å². The van der Waals surface area contributed by atoms with Crippen LogP contribution in [0.2, 0.25) is 0 Å². The van der Waals surface area contributed by atoms with Crippen LogP contribution in [0.3, 0.4) is 0 Å². The number of unbranched alkanes of at least 4 members (excludes halogenated alkanes) is 1. The number of nitrogens with one attached hydrogen (secondary N) is 1. The SMILES string of the molecule is NC(=O)CCCCNCCOC(F)(F)F. The molecule has 0 aliphatic heterocycles. The van der Waals surface area contributed by atoms with Crippen LogP contribution >= 0.6 is 0 Å². The zero-order valence-electron chi connectivity index (χ0n) is 8.27. The molecule has 0 aliphatic carbocycles. The average Bonchev–Trinajstić information content (AvgIpc) is 2.07. The number of hydrogen-bond donors (Lipinski definition) is 2. The number of ether oxygens (including phenoxy) is 1. The molecule has 7 heteroatoms. The normalized spacial score (nSPS) is 11.7. The number of carbonyl (C=O) groups is 1. The fourth-order valence-corrected chi connectivity index (χ4v) is 0.913. The van der Waals surface area contributed by atoms with E-state index < -0.39 is 13.0 Å². The Balaban J connectivity index is 3.09. The van der Waals surface area contributed by atoms with E-state index >= 15 is 0 Å². The number of rotatable bonds is 8. The van der Waals surface area contributed by atoms with E-state index in [9.17, 15) is 18.0 Å². The van der Waals surface area contributed by atoms with Gasteiger partial charge in [0, 0.05) is 13.0 Å². The van der Waals surface area contributed by atoms with Gasteiger partial charge < -0.3 is 11.1 Å². The molecule has 0 saturated carbocycles. The lowest BCUT2D eigenvalue weighted by molar-refractivity contribution is -0.323. The maximum absolute atomic E-state index is 11.5. The van der Waals surface area contributed by atoms with Crippen molar-refractivity contribution in [3.63, 3.8) is 0 Å². The van der Waals surface area contributed by atoms with E-state index in [0.29, 0.717) is 25.8 Å². The molecular weight excluding hydrogens is 213 g/mol. The molecule has 0 aromatic rings. The summed E-state index contributed by atoms with van der Waals surface area (Å²) < 4.78 is 38.0. The van der Waals surface area contributed by atoms with Crippen molar-refractivity contribution in [3.8, 4) is 0 Å². The summed E-state index contributed by atoms with van der Waals surface area (Å²) in [4.78, 5) is 10.3. The number of alkyl halides is 3. The van der Waals surface area contributed by atoms with E-state index in [4.69, 9.17) is 5.73 Å². The average molecular weight is 228 g/mol. The molecule has 3 N–H and O–H groups in total. The van der Waals surface area contributed by atoms with Gasteiger partial charge in [-0.2, -0.15) is 0 Å². The highest BCUT2D eigenvalue weighted by Gasteiger charge is 2.28.